The zero-order chi connectivity index (χ0) is 26.2. The van der Waals surface area contributed by atoms with Crippen molar-refractivity contribution in [2.75, 3.05) is 0 Å². The summed E-state index contributed by atoms with van der Waals surface area (Å²) in [5.41, 5.74) is -0.124. The van der Waals surface area contributed by atoms with Crippen LogP contribution in [0.2, 0.25) is 5.02 Å². The molecule has 0 unspecified atom stereocenters. The van der Waals surface area contributed by atoms with Crippen LogP contribution in [-0.4, -0.2) is 32.1 Å². The van der Waals surface area contributed by atoms with Gasteiger partial charge in [-0.3, -0.25) is 4.79 Å². The first kappa shape index (κ1) is 26.4. The van der Waals surface area contributed by atoms with Crippen LogP contribution in [0.5, 0.6) is 6.01 Å². The first-order valence-corrected chi connectivity index (χ1v) is 11.2. The molecular formula is C25H26ClF3N4O2. The van der Waals surface area contributed by atoms with E-state index < -0.39 is 23.5 Å². The van der Waals surface area contributed by atoms with Gasteiger partial charge >= 0.3 is 12.2 Å². The molecule has 6 nitrogen and oxygen atoms in total. The number of nitrogens with zero attached hydrogens (tertiary/aromatic N) is 3. The van der Waals surface area contributed by atoms with Gasteiger partial charge in [0.1, 0.15) is 5.41 Å². The van der Waals surface area contributed by atoms with E-state index in [0.717, 1.165) is 19.4 Å². The number of hydrogen-bond donors (Lipinski definition) is 2. The Kier molecular flexibility index (Phi) is 7.13. The van der Waals surface area contributed by atoms with Crippen LogP contribution < -0.4 is 5.32 Å². The van der Waals surface area contributed by atoms with E-state index in [1.165, 1.54) is 6.07 Å². The molecule has 0 bridgehead atoms. The summed E-state index contributed by atoms with van der Waals surface area (Å²) in [4.78, 5) is 24.6. The Morgan fingerprint density at radius 3 is 2.26 bits per heavy atom. The van der Waals surface area contributed by atoms with Gasteiger partial charge in [-0.05, 0) is 48.6 Å². The Morgan fingerprint density at radius 2 is 1.63 bits per heavy atom. The second-order valence-corrected chi connectivity index (χ2v) is 10.1. The monoisotopic (exact) mass is 506 g/mol. The second kappa shape index (κ2) is 9.45. The third-order valence-electron chi connectivity index (χ3n) is 5.61. The number of carbonyl (C=O) groups excluding carboxylic acids is 1. The van der Waals surface area contributed by atoms with E-state index in [0.29, 0.717) is 16.7 Å². The number of hydrogen-bond acceptors (Lipinski definition) is 5. The van der Waals surface area contributed by atoms with Crippen molar-refractivity contribution in [3.05, 3.63) is 58.6 Å². The molecule has 3 rings (SSSR count). The molecule has 0 aliphatic carbocycles. The van der Waals surface area contributed by atoms with Crippen LogP contribution in [0.1, 0.15) is 45.7 Å². The summed E-state index contributed by atoms with van der Waals surface area (Å²) in [7, 11) is 0. The van der Waals surface area contributed by atoms with Gasteiger partial charge in [0.05, 0.1) is 5.02 Å². The molecule has 2 aromatic carbocycles. The van der Waals surface area contributed by atoms with Gasteiger partial charge in [0.15, 0.2) is 11.6 Å². The molecular weight excluding hydrogens is 481 g/mol. The lowest BCUT2D eigenvalue weighted by Gasteiger charge is -2.26. The van der Waals surface area contributed by atoms with E-state index in [2.05, 4.69) is 41.0 Å². The van der Waals surface area contributed by atoms with Gasteiger partial charge in [-0.25, -0.2) is 4.98 Å². The number of carbonyl (C=O) groups is 1. The highest BCUT2D eigenvalue weighted by molar-refractivity contribution is 6.33. The first-order chi connectivity index (χ1) is 16.1. The van der Waals surface area contributed by atoms with Crippen LogP contribution in [0.4, 0.5) is 13.2 Å². The van der Waals surface area contributed by atoms with E-state index in [-0.39, 0.29) is 28.6 Å². The number of nitrogens with one attached hydrogen (secondary N) is 1. The third-order valence-corrected chi connectivity index (χ3v) is 5.94. The van der Waals surface area contributed by atoms with Gasteiger partial charge in [0, 0.05) is 17.7 Å². The number of alkyl halides is 3. The van der Waals surface area contributed by atoms with Crippen LogP contribution >= 0.6 is 11.6 Å². The van der Waals surface area contributed by atoms with Gasteiger partial charge in [-0.1, -0.05) is 56.6 Å². The quantitative estimate of drug-likeness (QED) is 0.438. The Balaban J connectivity index is 1.93. The minimum absolute atomic E-state index is 0.0856. The molecule has 0 saturated heterocycles. The number of rotatable bonds is 5. The second-order valence-electron chi connectivity index (χ2n) is 9.73. The third kappa shape index (κ3) is 5.90. The topological polar surface area (TPSA) is 88.0 Å². The highest BCUT2D eigenvalue weighted by Crippen LogP contribution is 2.37. The molecule has 35 heavy (non-hydrogen) atoms. The van der Waals surface area contributed by atoms with Crippen molar-refractivity contribution < 1.29 is 23.1 Å². The summed E-state index contributed by atoms with van der Waals surface area (Å²) in [6.07, 6.45) is -4.69. The smallest absolute Gasteiger partial charge is 0.402 e. The summed E-state index contributed by atoms with van der Waals surface area (Å²) >= 11 is 6.34. The van der Waals surface area contributed by atoms with Gasteiger partial charge in [-0.15, -0.1) is 0 Å². The number of halogens is 4. The lowest BCUT2D eigenvalue weighted by Crippen LogP contribution is -2.46. The normalized spacial score (nSPS) is 12.5. The van der Waals surface area contributed by atoms with Crippen LogP contribution in [0, 0.1) is 5.41 Å². The Morgan fingerprint density at radius 1 is 0.971 bits per heavy atom. The molecule has 0 saturated carbocycles. The van der Waals surface area contributed by atoms with E-state index in [1.54, 1.807) is 12.1 Å². The van der Waals surface area contributed by atoms with Gasteiger partial charge in [-0.2, -0.15) is 23.1 Å². The van der Waals surface area contributed by atoms with Crippen molar-refractivity contribution in [2.45, 2.75) is 52.8 Å². The van der Waals surface area contributed by atoms with Gasteiger partial charge < -0.3 is 10.4 Å². The summed E-state index contributed by atoms with van der Waals surface area (Å²) < 4.78 is 39.4. The van der Waals surface area contributed by atoms with E-state index in [1.807, 2.05) is 24.3 Å². The van der Waals surface area contributed by atoms with Crippen LogP contribution in [0.15, 0.2) is 42.5 Å². The highest BCUT2D eigenvalue weighted by atomic mass is 35.5. The number of amides is 1. The van der Waals surface area contributed by atoms with Crippen LogP contribution in [0.25, 0.3) is 22.8 Å². The van der Waals surface area contributed by atoms with E-state index in [4.69, 9.17) is 11.6 Å². The van der Waals surface area contributed by atoms with Crippen molar-refractivity contribution in [1.82, 2.24) is 20.3 Å². The summed E-state index contributed by atoms with van der Waals surface area (Å²) in [5, 5.41) is 12.7. The molecule has 0 spiro atoms. The zero-order valence-electron chi connectivity index (χ0n) is 20.0. The van der Waals surface area contributed by atoms with Crippen molar-refractivity contribution >= 4 is 17.5 Å². The molecule has 3 aromatic rings. The lowest BCUT2D eigenvalue weighted by molar-refractivity contribution is -0.211. The average molecular weight is 507 g/mol. The van der Waals surface area contributed by atoms with Crippen molar-refractivity contribution in [2.24, 2.45) is 5.41 Å². The van der Waals surface area contributed by atoms with Gasteiger partial charge in [0.25, 0.3) is 0 Å². The van der Waals surface area contributed by atoms with Crippen molar-refractivity contribution in [3.63, 3.8) is 0 Å². The zero-order valence-corrected chi connectivity index (χ0v) is 20.7. The summed E-state index contributed by atoms with van der Waals surface area (Å²) in [6.45, 7) is 7.69. The Hall–Kier alpha value is -3.20. The minimum atomic E-state index is -4.69. The fraction of sp³-hybridized carbons (Fsp3) is 0.360. The SMILES string of the molecule is CC(C)(C)c1cccc(-c2nc(O)nc(-c3cc(CNC(=O)C(C)(C)C(F)(F)F)ccc3Cl)n2)c1. The van der Waals surface area contributed by atoms with Crippen LogP contribution in [-0.2, 0) is 16.8 Å². The molecule has 2 N–H and O–H groups in total. The molecule has 0 aliphatic heterocycles. The summed E-state index contributed by atoms with van der Waals surface area (Å²) in [5.74, 6) is -0.830. The average Bonchev–Trinajstić information content (AvgIpc) is 2.76. The van der Waals surface area contributed by atoms with E-state index in [9.17, 15) is 23.1 Å². The molecule has 0 atom stereocenters. The minimum Gasteiger partial charge on any atom is -0.479 e. The molecule has 0 fully saturated rings. The van der Waals surface area contributed by atoms with Crippen molar-refractivity contribution in [1.29, 1.82) is 0 Å². The fourth-order valence-corrected chi connectivity index (χ4v) is 3.33. The molecule has 1 amide bonds. The lowest BCUT2D eigenvalue weighted by atomic mass is 9.86. The maximum Gasteiger partial charge on any atom is 0.402 e. The molecule has 186 valence electrons. The predicted molar refractivity (Wildman–Crippen MR) is 128 cm³/mol. The van der Waals surface area contributed by atoms with Crippen LogP contribution in [0.3, 0.4) is 0 Å². The summed E-state index contributed by atoms with van der Waals surface area (Å²) in [6, 6.07) is 11.7. The highest BCUT2D eigenvalue weighted by Gasteiger charge is 2.52. The fourth-order valence-electron chi connectivity index (χ4n) is 3.12. The molecule has 0 radical (unpaired) electrons. The number of benzene rings is 2. The standard InChI is InChI=1S/C25H26ClF3N4O2/c1-23(2,3)16-8-6-7-15(12-16)19-31-20(33-22(35)32-19)17-11-14(9-10-18(17)26)13-30-21(34)24(4,5)25(27,28)29/h6-12H,13H2,1-5H3,(H,30,34)(H,31,32,33,35). The molecule has 0 aliphatic rings. The Labute approximate surface area is 206 Å². The number of aromatic nitrogens is 3. The van der Waals surface area contributed by atoms with Gasteiger partial charge in [0.2, 0.25) is 5.91 Å². The maximum atomic E-state index is 13.1. The predicted octanol–water partition coefficient (Wildman–Crippen LogP) is 6.07. The maximum absolute atomic E-state index is 13.1. The first-order valence-electron chi connectivity index (χ1n) is 10.8. The molecule has 10 heteroatoms. The van der Waals surface area contributed by atoms with E-state index >= 15 is 0 Å². The Bertz CT molecular complexity index is 1250. The van der Waals surface area contributed by atoms with Crippen molar-refractivity contribution in [3.8, 4) is 28.8 Å². The number of aromatic hydroxyl groups is 1. The largest absolute Gasteiger partial charge is 0.479 e. The molecule has 1 heterocycles. The molecule has 1 aromatic heterocycles.